The zero-order valence-electron chi connectivity index (χ0n) is 11.1. The van der Waals surface area contributed by atoms with Gasteiger partial charge in [-0.15, -0.1) is 0 Å². The Kier molecular flexibility index (Phi) is 5.81. The summed E-state index contributed by atoms with van der Waals surface area (Å²) >= 11 is 0. The zero-order valence-corrected chi connectivity index (χ0v) is 11.1. The van der Waals surface area contributed by atoms with E-state index in [-0.39, 0.29) is 12.5 Å². The van der Waals surface area contributed by atoms with Crippen LogP contribution in [0.3, 0.4) is 0 Å². The molecular formula is C13H19N3O3. The van der Waals surface area contributed by atoms with Gasteiger partial charge in [-0.05, 0) is 19.4 Å². The smallest absolute Gasteiger partial charge is 0.408 e. The van der Waals surface area contributed by atoms with Gasteiger partial charge in [-0.25, -0.2) is 4.79 Å². The van der Waals surface area contributed by atoms with Crippen molar-refractivity contribution in [3.63, 3.8) is 0 Å². The van der Waals surface area contributed by atoms with Crippen molar-refractivity contribution in [3.8, 4) is 0 Å². The van der Waals surface area contributed by atoms with Crippen LogP contribution in [0, 0.1) is 0 Å². The predicted molar refractivity (Wildman–Crippen MR) is 71.0 cm³/mol. The van der Waals surface area contributed by atoms with Crippen LogP contribution < -0.4 is 16.4 Å². The Labute approximate surface area is 112 Å². The molecule has 0 heterocycles. The predicted octanol–water partition coefficient (Wildman–Crippen LogP) is 0.722. The van der Waals surface area contributed by atoms with Crippen LogP contribution in [0.4, 0.5) is 4.79 Å². The molecule has 1 aromatic rings. The second-order valence-electron chi connectivity index (χ2n) is 4.23. The SMILES string of the molecule is C[C@H](NC(=O)OCc1ccccc1)C(=O)N[C@@H](C)N. The molecule has 19 heavy (non-hydrogen) atoms. The molecule has 0 bridgehead atoms. The number of nitrogens with one attached hydrogen (secondary N) is 2. The van der Waals surface area contributed by atoms with Gasteiger partial charge in [-0.2, -0.15) is 0 Å². The van der Waals surface area contributed by atoms with E-state index in [4.69, 9.17) is 10.5 Å². The molecule has 2 amide bonds. The Morgan fingerprint density at radius 2 is 1.84 bits per heavy atom. The summed E-state index contributed by atoms with van der Waals surface area (Å²) in [6.07, 6.45) is -1.10. The summed E-state index contributed by atoms with van der Waals surface area (Å²) in [5.41, 5.74) is 6.30. The quantitative estimate of drug-likeness (QED) is 0.684. The van der Waals surface area contributed by atoms with Gasteiger partial charge in [0.15, 0.2) is 0 Å². The molecule has 1 rings (SSSR count). The van der Waals surface area contributed by atoms with Crippen LogP contribution in [0.15, 0.2) is 30.3 Å². The summed E-state index contributed by atoms with van der Waals surface area (Å²) in [7, 11) is 0. The third kappa shape index (κ3) is 5.87. The molecule has 0 saturated heterocycles. The van der Waals surface area contributed by atoms with E-state index in [9.17, 15) is 9.59 Å². The lowest BCUT2D eigenvalue weighted by Gasteiger charge is -2.15. The van der Waals surface area contributed by atoms with Crippen molar-refractivity contribution in [1.29, 1.82) is 0 Å². The van der Waals surface area contributed by atoms with Gasteiger partial charge >= 0.3 is 6.09 Å². The Bertz CT molecular complexity index is 420. The maximum atomic E-state index is 11.5. The molecule has 0 fully saturated rings. The molecule has 0 unspecified atom stereocenters. The number of amides is 2. The van der Waals surface area contributed by atoms with Gasteiger partial charge in [0.1, 0.15) is 12.6 Å². The maximum Gasteiger partial charge on any atom is 0.408 e. The lowest BCUT2D eigenvalue weighted by atomic mass is 10.2. The Hall–Kier alpha value is -2.08. The summed E-state index contributed by atoms with van der Waals surface area (Å²) in [5, 5.41) is 4.92. The van der Waals surface area contributed by atoms with E-state index < -0.39 is 18.3 Å². The number of hydrogen-bond donors (Lipinski definition) is 3. The lowest BCUT2D eigenvalue weighted by molar-refractivity contribution is -0.123. The van der Waals surface area contributed by atoms with Gasteiger partial charge in [0.2, 0.25) is 5.91 Å². The Morgan fingerprint density at radius 1 is 1.21 bits per heavy atom. The Morgan fingerprint density at radius 3 is 2.42 bits per heavy atom. The van der Waals surface area contributed by atoms with Gasteiger partial charge in [0, 0.05) is 0 Å². The van der Waals surface area contributed by atoms with Gasteiger partial charge in [0.25, 0.3) is 0 Å². The monoisotopic (exact) mass is 265 g/mol. The van der Waals surface area contributed by atoms with Crippen molar-refractivity contribution in [3.05, 3.63) is 35.9 Å². The van der Waals surface area contributed by atoms with Gasteiger partial charge < -0.3 is 21.1 Å². The van der Waals surface area contributed by atoms with Crippen LogP contribution in [0.1, 0.15) is 19.4 Å². The van der Waals surface area contributed by atoms with E-state index in [0.717, 1.165) is 5.56 Å². The molecule has 0 radical (unpaired) electrons. The van der Waals surface area contributed by atoms with Crippen LogP contribution in [0.25, 0.3) is 0 Å². The first-order valence-corrected chi connectivity index (χ1v) is 6.02. The number of carbonyl (C=O) groups is 2. The van der Waals surface area contributed by atoms with Crippen LogP contribution >= 0.6 is 0 Å². The second kappa shape index (κ2) is 7.38. The molecule has 4 N–H and O–H groups in total. The average Bonchev–Trinajstić information content (AvgIpc) is 2.36. The maximum absolute atomic E-state index is 11.5. The number of nitrogens with two attached hydrogens (primary N) is 1. The van der Waals surface area contributed by atoms with Crippen molar-refractivity contribution in [2.24, 2.45) is 5.73 Å². The van der Waals surface area contributed by atoms with Crippen LogP contribution in [-0.4, -0.2) is 24.2 Å². The first-order valence-electron chi connectivity index (χ1n) is 6.02. The fraction of sp³-hybridized carbons (Fsp3) is 0.385. The molecule has 1 aromatic carbocycles. The second-order valence-corrected chi connectivity index (χ2v) is 4.23. The molecule has 0 aliphatic carbocycles. The molecule has 0 spiro atoms. The highest BCUT2D eigenvalue weighted by atomic mass is 16.5. The standard InChI is InChI=1S/C13H19N3O3/c1-9(12(17)16-10(2)14)15-13(18)19-8-11-6-4-3-5-7-11/h3-7,9-10H,8,14H2,1-2H3,(H,15,18)(H,16,17)/t9-,10-/m0/s1. The Balaban J connectivity index is 2.33. The van der Waals surface area contributed by atoms with Gasteiger partial charge in [-0.3, -0.25) is 4.79 Å². The van der Waals surface area contributed by atoms with E-state index in [0.29, 0.717) is 0 Å². The van der Waals surface area contributed by atoms with Crippen molar-refractivity contribution in [1.82, 2.24) is 10.6 Å². The molecule has 6 nitrogen and oxygen atoms in total. The number of carbonyl (C=O) groups excluding carboxylic acids is 2. The molecule has 0 aromatic heterocycles. The number of alkyl carbamates (subject to hydrolysis) is 1. The molecule has 0 aliphatic heterocycles. The van der Waals surface area contributed by atoms with Crippen molar-refractivity contribution in [2.45, 2.75) is 32.7 Å². The van der Waals surface area contributed by atoms with Crippen LogP contribution in [-0.2, 0) is 16.1 Å². The number of ether oxygens (including phenoxy) is 1. The highest BCUT2D eigenvalue weighted by Crippen LogP contribution is 2.00. The van der Waals surface area contributed by atoms with Crippen molar-refractivity contribution < 1.29 is 14.3 Å². The molecular weight excluding hydrogens is 246 g/mol. The van der Waals surface area contributed by atoms with Crippen molar-refractivity contribution in [2.75, 3.05) is 0 Å². The number of benzene rings is 1. The summed E-state index contributed by atoms with van der Waals surface area (Å²) in [6.45, 7) is 3.36. The molecule has 104 valence electrons. The summed E-state index contributed by atoms with van der Waals surface area (Å²) in [5.74, 6) is -0.355. The fourth-order valence-electron chi connectivity index (χ4n) is 1.36. The highest BCUT2D eigenvalue weighted by Gasteiger charge is 2.16. The fourth-order valence-corrected chi connectivity index (χ4v) is 1.36. The van der Waals surface area contributed by atoms with E-state index in [1.165, 1.54) is 0 Å². The summed E-state index contributed by atoms with van der Waals surface area (Å²) in [4.78, 5) is 23.0. The van der Waals surface area contributed by atoms with Gasteiger partial charge in [-0.1, -0.05) is 30.3 Å². The van der Waals surface area contributed by atoms with Crippen LogP contribution in [0.2, 0.25) is 0 Å². The zero-order chi connectivity index (χ0) is 14.3. The molecule has 0 aliphatic rings. The topological polar surface area (TPSA) is 93.4 Å². The van der Waals surface area contributed by atoms with E-state index in [1.54, 1.807) is 13.8 Å². The van der Waals surface area contributed by atoms with E-state index in [2.05, 4.69) is 10.6 Å². The third-order valence-electron chi connectivity index (χ3n) is 2.31. The number of hydrogen-bond acceptors (Lipinski definition) is 4. The molecule has 2 atom stereocenters. The van der Waals surface area contributed by atoms with Gasteiger partial charge in [0.05, 0.1) is 6.17 Å². The first-order chi connectivity index (χ1) is 8.99. The minimum atomic E-state index is -0.700. The lowest BCUT2D eigenvalue weighted by Crippen LogP contribution is -2.49. The summed E-state index contributed by atoms with van der Waals surface area (Å²) < 4.78 is 4.99. The number of rotatable bonds is 5. The summed E-state index contributed by atoms with van der Waals surface area (Å²) in [6, 6.07) is 8.59. The molecule has 6 heteroatoms. The minimum absolute atomic E-state index is 0.161. The normalized spacial score (nSPS) is 13.2. The first kappa shape index (κ1) is 15.0. The highest BCUT2D eigenvalue weighted by molar-refractivity contribution is 5.85. The average molecular weight is 265 g/mol. The van der Waals surface area contributed by atoms with E-state index in [1.807, 2.05) is 30.3 Å². The van der Waals surface area contributed by atoms with Crippen molar-refractivity contribution >= 4 is 12.0 Å². The van der Waals surface area contributed by atoms with Crippen LogP contribution in [0.5, 0.6) is 0 Å². The third-order valence-corrected chi connectivity index (χ3v) is 2.31. The minimum Gasteiger partial charge on any atom is -0.445 e. The largest absolute Gasteiger partial charge is 0.445 e. The van der Waals surface area contributed by atoms with E-state index >= 15 is 0 Å². The molecule has 0 saturated carbocycles.